The third kappa shape index (κ3) is 8.93. The summed E-state index contributed by atoms with van der Waals surface area (Å²) in [5.41, 5.74) is 20.1. The molecule has 0 bridgehead atoms. The molecule has 1 aliphatic carbocycles. The summed E-state index contributed by atoms with van der Waals surface area (Å²) in [6.07, 6.45) is 15.8. The van der Waals surface area contributed by atoms with E-state index in [4.69, 9.17) is 27.7 Å². The number of furan rings is 4. The summed E-state index contributed by atoms with van der Waals surface area (Å²) in [7, 11) is 2.11. The van der Waals surface area contributed by atoms with Gasteiger partial charge in [0.25, 0.3) is 0 Å². The van der Waals surface area contributed by atoms with Gasteiger partial charge in [0, 0.05) is 77.7 Å². The van der Waals surface area contributed by atoms with Gasteiger partial charge in [-0.2, -0.15) is 4.99 Å². The Morgan fingerprint density at radius 1 is 0.511 bits per heavy atom. The van der Waals surface area contributed by atoms with Gasteiger partial charge in [-0.1, -0.05) is 135 Å². The summed E-state index contributed by atoms with van der Waals surface area (Å²) < 4.78 is 30.3. The number of amidine groups is 1. The van der Waals surface area contributed by atoms with Crippen LogP contribution in [0.4, 0.5) is 0 Å². The van der Waals surface area contributed by atoms with Crippen molar-refractivity contribution in [3.8, 4) is 40.3 Å². The number of aliphatic imine (C=N–C) groups is 2. The molecule has 0 saturated carbocycles. The van der Waals surface area contributed by atoms with Crippen LogP contribution < -0.4 is 0 Å². The van der Waals surface area contributed by atoms with Gasteiger partial charge < -0.3 is 27.1 Å². The number of rotatable bonds is 6. The third-order valence-electron chi connectivity index (χ3n) is 18.1. The molecule has 16 aromatic rings. The van der Waals surface area contributed by atoms with Crippen LogP contribution >= 0.6 is 0 Å². The Morgan fingerprint density at radius 3 is 1.63 bits per heavy atom. The van der Waals surface area contributed by atoms with Crippen molar-refractivity contribution in [3.63, 3.8) is 0 Å². The van der Waals surface area contributed by atoms with Crippen molar-refractivity contribution in [2.75, 3.05) is 7.05 Å². The normalized spacial score (nSPS) is 14.2. The standard InChI is InChI=1S/C78H53N5O4.C3H4.C2H6/c1-44-26-32-70-59(36-44)62-43-49(29-35-73(62)87-70)77-80-78(79-76(81(77)4)45(2)37-58-46(3)84-67-23-7-5-6-16-53(58)67)83-64-22-13-9-20-57(64)75-66(83)31-30-65-74(75)56-19-8-12-21-63(56)82(65)52-39-50(47-27-33-71-60(41-47)54-17-10-14-24-68(54)85-71)38-51(40-52)48-28-34-72-61(42-48)55-18-11-15-25-69(55)86-72;1-3-2;1-2/h6-43,77H,5H2,1-4H3;1H,2H3;1-2H3/b45-37+;;. The van der Waals surface area contributed by atoms with Gasteiger partial charge in [-0.3, -0.25) is 4.57 Å². The molecule has 2 aliphatic rings. The third-order valence-corrected chi connectivity index (χ3v) is 18.1. The molecule has 0 N–H and O–H groups in total. The van der Waals surface area contributed by atoms with Crippen molar-refractivity contribution in [1.82, 2.24) is 14.0 Å². The molecule has 10 aromatic carbocycles. The molecule has 0 saturated heterocycles. The van der Waals surface area contributed by atoms with E-state index in [9.17, 15) is 0 Å². The van der Waals surface area contributed by atoms with Crippen molar-refractivity contribution >= 4 is 139 Å². The van der Waals surface area contributed by atoms with E-state index in [0.717, 1.165) is 183 Å². The number of aromatic nitrogens is 2. The lowest BCUT2D eigenvalue weighted by Crippen LogP contribution is -2.36. The molecule has 9 nitrogen and oxygen atoms in total. The maximum absolute atomic E-state index is 6.42. The Bertz CT molecular complexity index is 5800. The number of hydrogen-bond acceptors (Lipinski definition) is 7. The maximum atomic E-state index is 6.42. The number of hydrogen-bond donors (Lipinski definition) is 0. The number of benzene rings is 10. The van der Waals surface area contributed by atoms with E-state index < -0.39 is 6.17 Å². The number of terminal acetylenes is 1. The highest BCUT2D eigenvalue weighted by Gasteiger charge is 2.31. The summed E-state index contributed by atoms with van der Waals surface area (Å²) >= 11 is 0. The number of nitrogens with zero attached hydrogens (tertiary/aromatic N) is 5. The zero-order valence-electron chi connectivity index (χ0n) is 52.2. The lowest BCUT2D eigenvalue weighted by molar-refractivity contribution is 0.381. The zero-order valence-corrected chi connectivity index (χ0v) is 52.2. The number of likely N-dealkylation sites (N-methyl/N-ethyl adjacent to an activating group) is 1. The van der Waals surface area contributed by atoms with E-state index in [2.05, 4.69) is 254 Å². The minimum atomic E-state index is -0.454. The van der Waals surface area contributed by atoms with Crippen LogP contribution in [0.3, 0.4) is 0 Å². The molecule has 6 aromatic heterocycles. The van der Waals surface area contributed by atoms with Crippen LogP contribution in [0.2, 0.25) is 0 Å². The molecule has 0 radical (unpaired) electrons. The molecular weight excluding hydrogens is 1130 g/mol. The molecule has 18 rings (SSSR count). The Hall–Kier alpha value is -11.6. The Labute approximate surface area is 531 Å². The van der Waals surface area contributed by atoms with Gasteiger partial charge in [-0.05, 0) is 183 Å². The number of aryl methyl sites for hydroxylation is 2. The molecule has 1 atom stereocenters. The zero-order chi connectivity index (χ0) is 62.5. The maximum Gasteiger partial charge on any atom is 0.234 e. The van der Waals surface area contributed by atoms with Gasteiger partial charge in [-0.15, -0.1) is 12.3 Å². The van der Waals surface area contributed by atoms with Crippen LogP contribution in [0.1, 0.15) is 74.1 Å². The van der Waals surface area contributed by atoms with Crippen molar-refractivity contribution in [2.24, 2.45) is 9.98 Å². The van der Waals surface area contributed by atoms with E-state index >= 15 is 0 Å². The van der Waals surface area contributed by atoms with Gasteiger partial charge in [0.15, 0.2) is 6.17 Å². The van der Waals surface area contributed by atoms with Crippen LogP contribution in [0.5, 0.6) is 0 Å². The lowest BCUT2D eigenvalue weighted by atomic mass is 9.96. The first kappa shape index (κ1) is 55.7. The van der Waals surface area contributed by atoms with Crippen LogP contribution in [0, 0.1) is 26.2 Å². The average molecular weight is 1190 g/mol. The average Bonchev–Trinajstić information content (AvgIpc) is 1.54. The number of fused-ring (bicyclic) bond motifs is 17. The first-order chi connectivity index (χ1) is 45.2. The summed E-state index contributed by atoms with van der Waals surface area (Å²) in [5.74, 6) is 5.37. The topological polar surface area (TPSA) is 90.4 Å². The first-order valence-corrected chi connectivity index (χ1v) is 31.5. The van der Waals surface area contributed by atoms with Gasteiger partial charge in [0.05, 0.1) is 22.1 Å². The fourth-order valence-corrected chi connectivity index (χ4v) is 14.0. The fraction of sp³-hybridized carbons (Fsp3) is 0.108. The molecule has 0 spiro atoms. The van der Waals surface area contributed by atoms with Gasteiger partial charge in [0.2, 0.25) is 5.96 Å². The summed E-state index contributed by atoms with van der Waals surface area (Å²) in [4.78, 5) is 13.6. The molecule has 1 aliphatic heterocycles. The van der Waals surface area contributed by atoms with E-state index in [1.165, 1.54) is 5.56 Å². The second kappa shape index (κ2) is 22.2. The van der Waals surface area contributed by atoms with Gasteiger partial charge in [-0.25, -0.2) is 4.99 Å². The molecule has 0 fully saturated rings. The van der Waals surface area contributed by atoms with Crippen LogP contribution in [-0.2, 0) is 0 Å². The molecule has 0 amide bonds. The second-order valence-electron chi connectivity index (χ2n) is 23.7. The van der Waals surface area contributed by atoms with Crippen molar-refractivity contribution < 1.29 is 17.7 Å². The van der Waals surface area contributed by atoms with E-state index in [-0.39, 0.29) is 0 Å². The Kier molecular flexibility index (Phi) is 13.4. The SMILES string of the molecule is C#CC.C/C(=C\c1c(C)oc2c1C=CCC=C2)C1=NC(n2c3ccccc3c3c4c5ccccc5n(-c5cc(-c6ccc7oc8ccccc8c7c6)cc(-c6ccc7oc8ccccc8c7c6)c5)c4ccc32)=NC(c2ccc3oc4ccc(C)cc4c3c2)N1C.CC. The summed E-state index contributed by atoms with van der Waals surface area (Å²) in [6, 6.07) is 71.8. The molecule has 92 heavy (non-hydrogen) atoms. The van der Waals surface area contributed by atoms with Gasteiger partial charge >= 0.3 is 0 Å². The summed E-state index contributed by atoms with van der Waals surface area (Å²) in [6.45, 7) is 12.0. The monoisotopic (exact) mass is 1190 g/mol. The van der Waals surface area contributed by atoms with E-state index in [1.807, 2.05) is 45.0 Å². The number of para-hydroxylation sites is 4. The quantitative estimate of drug-likeness (QED) is 0.155. The highest BCUT2D eigenvalue weighted by molar-refractivity contribution is 6.30. The van der Waals surface area contributed by atoms with E-state index in [1.54, 1.807) is 6.92 Å². The molecule has 7 heterocycles. The Morgan fingerprint density at radius 2 is 1.01 bits per heavy atom. The van der Waals surface area contributed by atoms with E-state index in [0.29, 0.717) is 5.96 Å². The predicted octanol–water partition coefficient (Wildman–Crippen LogP) is 22.6. The molecule has 9 heteroatoms. The van der Waals surface area contributed by atoms with Gasteiger partial charge in [0.1, 0.15) is 50.9 Å². The van der Waals surface area contributed by atoms with Crippen molar-refractivity contribution in [2.45, 2.75) is 54.1 Å². The van der Waals surface area contributed by atoms with Crippen LogP contribution in [0.25, 0.3) is 156 Å². The minimum absolute atomic E-state index is 0.454. The van der Waals surface area contributed by atoms with Crippen molar-refractivity contribution in [3.05, 3.63) is 252 Å². The Balaban J connectivity index is 0.00000131. The van der Waals surface area contributed by atoms with Crippen LogP contribution in [0.15, 0.2) is 246 Å². The first-order valence-electron chi connectivity index (χ1n) is 31.5. The minimum Gasteiger partial charge on any atom is -0.461 e. The fourth-order valence-electron chi connectivity index (χ4n) is 14.0. The molecule has 444 valence electrons. The number of allylic oxidation sites excluding steroid dienone is 2. The molecule has 1 unspecified atom stereocenters. The highest BCUT2D eigenvalue weighted by atomic mass is 16.3. The predicted molar refractivity (Wildman–Crippen MR) is 384 cm³/mol. The second-order valence-corrected chi connectivity index (χ2v) is 23.7. The largest absolute Gasteiger partial charge is 0.461 e. The highest BCUT2D eigenvalue weighted by Crippen LogP contribution is 2.45. The lowest BCUT2D eigenvalue weighted by Gasteiger charge is -2.33. The summed E-state index contributed by atoms with van der Waals surface area (Å²) in [5, 5.41) is 11.0. The molecular formula is C83H63N5O4. The smallest absolute Gasteiger partial charge is 0.234 e. The van der Waals surface area contributed by atoms with Crippen LogP contribution in [-0.4, -0.2) is 32.9 Å². The van der Waals surface area contributed by atoms with Crippen molar-refractivity contribution in [1.29, 1.82) is 0 Å².